The van der Waals surface area contributed by atoms with Crippen LogP contribution in [0, 0.1) is 0 Å². The Hall–Kier alpha value is -0.980. The van der Waals surface area contributed by atoms with Crippen LogP contribution in [0.4, 0.5) is 5.82 Å². The Morgan fingerprint density at radius 1 is 1.53 bits per heavy atom. The molecule has 0 fully saturated rings. The van der Waals surface area contributed by atoms with Gasteiger partial charge in [-0.25, -0.2) is 9.97 Å². The Morgan fingerprint density at radius 3 is 3.00 bits per heavy atom. The summed E-state index contributed by atoms with van der Waals surface area (Å²) in [6, 6.07) is 4.01. The molecule has 0 amide bonds. The Kier molecular flexibility index (Phi) is 4.09. The lowest BCUT2D eigenvalue weighted by Gasteiger charge is -2.17. The van der Waals surface area contributed by atoms with Crippen LogP contribution in [-0.4, -0.2) is 17.0 Å². The molecule has 0 bridgehead atoms. The van der Waals surface area contributed by atoms with Crippen molar-refractivity contribution in [3.05, 3.63) is 38.9 Å². The number of thiophene rings is 1. The van der Waals surface area contributed by atoms with Gasteiger partial charge in [0.1, 0.15) is 11.6 Å². The first-order chi connectivity index (χ1) is 8.19. The molecule has 0 radical (unpaired) electrons. The zero-order chi connectivity index (χ0) is 12.3. The summed E-state index contributed by atoms with van der Waals surface area (Å²) in [5.74, 6) is 1.56. The zero-order valence-corrected chi connectivity index (χ0v) is 11.8. The fourth-order valence-corrected chi connectivity index (χ4v) is 2.95. The van der Waals surface area contributed by atoms with E-state index in [1.165, 1.54) is 4.88 Å². The van der Waals surface area contributed by atoms with Crippen LogP contribution in [0.15, 0.2) is 28.2 Å². The van der Waals surface area contributed by atoms with Gasteiger partial charge in [0.2, 0.25) is 0 Å². The van der Waals surface area contributed by atoms with Crippen molar-refractivity contribution >= 4 is 33.1 Å². The fraction of sp³-hybridized carbons (Fsp3) is 0.273. The van der Waals surface area contributed by atoms with Gasteiger partial charge < -0.3 is 10.6 Å². The maximum absolute atomic E-state index is 5.53. The Labute approximate surface area is 113 Å². The van der Waals surface area contributed by atoms with E-state index in [0.29, 0.717) is 12.4 Å². The number of rotatable bonds is 4. The van der Waals surface area contributed by atoms with Gasteiger partial charge in [-0.2, -0.15) is 0 Å². The van der Waals surface area contributed by atoms with Crippen molar-refractivity contribution in [3.8, 4) is 0 Å². The number of aromatic nitrogens is 2. The summed E-state index contributed by atoms with van der Waals surface area (Å²) in [6.07, 6.45) is 1.74. The molecular formula is C11H13BrN4S. The first-order valence-corrected chi connectivity index (χ1v) is 6.82. The van der Waals surface area contributed by atoms with Crippen LogP contribution in [0.25, 0.3) is 0 Å². The minimum atomic E-state index is 0.367. The van der Waals surface area contributed by atoms with Crippen molar-refractivity contribution < 1.29 is 0 Å². The van der Waals surface area contributed by atoms with Gasteiger partial charge in [0, 0.05) is 28.0 Å². The highest BCUT2D eigenvalue weighted by Crippen LogP contribution is 2.22. The van der Waals surface area contributed by atoms with Crippen molar-refractivity contribution in [1.29, 1.82) is 0 Å². The van der Waals surface area contributed by atoms with E-state index < -0.39 is 0 Å². The molecule has 6 heteroatoms. The summed E-state index contributed by atoms with van der Waals surface area (Å²) < 4.78 is 1.12. The van der Waals surface area contributed by atoms with Gasteiger partial charge in [0.25, 0.3) is 0 Å². The van der Waals surface area contributed by atoms with E-state index in [2.05, 4.69) is 42.2 Å². The topological polar surface area (TPSA) is 55.0 Å². The number of nitrogens with zero attached hydrogens (tertiary/aromatic N) is 3. The van der Waals surface area contributed by atoms with Gasteiger partial charge in [-0.1, -0.05) is 0 Å². The summed E-state index contributed by atoms with van der Waals surface area (Å²) in [5.41, 5.74) is 5.53. The molecule has 0 atom stereocenters. The Bertz CT molecular complexity index is 500. The number of hydrogen-bond acceptors (Lipinski definition) is 5. The molecule has 0 aliphatic heterocycles. The predicted molar refractivity (Wildman–Crippen MR) is 74.0 cm³/mol. The third kappa shape index (κ3) is 3.24. The molecule has 90 valence electrons. The maximum Gasteiger partial charge on any atom is 0.144 e. The standard InChI is InChI=1S/C11H13BrN4S/c1-16(6-9-4-8(12)7-17-9)11-2-3-14-10(5-13)15-11/h2-4,7H,5-6,13H2,1H3. The molecule has 0 saturated heterocycles. The van der Waals surface area contributed by atoms with E-state index in [1.54, 1.807) is 17.5 Å². The van der Waals surface area contributed by atoms with E-state index in [9.17, 15) is 0 Å². The average molecular weight is 313 g/mol. The van der Waals surface area contributed by atoms with Gasteiger partial charge in [0.15, 0.2) is 0 Å². The van der Waals surface area contributed by atoms with E-state index in [-0.39, 0.29) is 0 Å². The largest absolute Gasteiger partial charge is 0.354 e. The zero-order valence-electron chi connectivity index (χ0n) is 9.43. The van der Waals surface area contributed by atoms with Crippen LogP contribution in [0.2, 0.25) is 0 Å². The Morgan fingerprint density at radius 2 is 2.35 bits per heavy atom. The molecule has 2 heterocycles. The second kappa shape index (κ2) is 5.57. The van der Waals surface area contributed by atoms with Crippen LogP contribution in [0.3, 0.4) is 0 Å². The van der Waals surface area contributed by atoms with E-state index in [1.807, 2.05) is 13.1 Å². The molecule has 2 aromatic heterocycles. The van der Waals surface area contributed by atoms with Crippen molar-refractivity contribution in [2.75, 3.05) is 11.9 Å². The molecule has 2 rings (SSSR count). The van der Waals surface area contributed by atoms with Crippen LogP contribution < -0.4 is 10.6 Å². The minimum absolute atomic E-state index is 0.367. The maximum atomic E-state index is 5.53. The van der Waals surface area contributed by atoms with E-state index in [4.69, 9.17) is 5.73 Å². The van der Waals surface area contributed by atoms with Crippen molar-refractivity contribution in [2.24, 2.45) is 5.73 Å². The highest BCUT2D eigenvalue weighted by Gasteiger charge is 2.06. The molecular weight excluding hydrogens is 300 g/mol. The van der Waals surface area contributed by atoms with E-state index in [0.717, 1.165) is 16.8 Å². The molecule has 0 unspecified atom stereocenters. The SMILES string of the molecule is CN(Cc1cc(Br)cs1)c1ccnc(CN)n1. The number of hydrogen-bond donors (Lipinski definition) is 1. The van der Waals surface area contributed by atoms with Crippen molar-refractivity contribution in [2.45, 2.75) is 13.1 Å². The normalized spacial score (nSPS) is 10.5. The van der Waals surface area contributed by atoms with Crippen LogP contribution in [0.5, 0.6) is 0 Å². The third-order valence-electron chi connectivity index (χ3n) is 2.28. The molecule has 0 saturated carbocycles. The van der Waals surface area contributed by atoms with Gasteiger partial charge in [-0.3, -0.25) is 0 Å². The first kappa shape index (κ1) is 12.5. The predicted octanol–water partition coefficient (Wildman–Crippen LogP) is 2.40. The van der Waals surface area contributed by atoms with Crippen LogP contribution >= 0.6 is 27.3 Å². The molecule has 0 aromatic carbocycles. The van der Waals surface area contributed by atoms with E-state index >= 15 is 0 Å². The molecule has 17 heavy (non-hydrogen) atoms. The first-order valence-electron chi connectivity index (χ1n) is 5.15. The smallest absolute Gasteiger partial charge is 0.144 e. The van der Waals surface area contributed by atoms with Crippen molar-refractivity contribution in [3.63, 3.8) is 0 Å². The molecule has 0 aliphatic rings. The highest BCUT2D eigenvalue weighted by molar-refractivity contribution is 9.10. The number of nitrogens with two attached hydrogens (primary N) is 1. The van der Waals surface area contributed by atoms with Gasteiger partial charge in [-0.05, 0) is 28.1 Å². The van der Waals surface area contributed by atoms with Gasteiger partial charge >= 0.3 is 0 Å². The summed E-state index contributed by atoms with van der Waals surface area (Å²) in [7, 11) is 2.01. The molecule has 2 aromatic rings. The lowest BCUT2D eigenvalue weighted by molar-refractivity contribution is 0.855. The summed E-state index contributed by atoms with van der Waals surface area (Å²) in [4.78, 5) is 11.8. The summed E-state index contributed by atoms with van der Waals surface area (Å²) in [5, 5.41) is 2.08. The summed E-state index contributed by atoms with van der Waals surface area (Å²) >= 11 is 5.18. The highest BCUT2D eigenvalue weighted by atomic mass is 79.9. The molecule has 0 aliphatic carbocycles. The second-order valence-corrected chi connectivity index (χ2v) is 5.53. The molecule has 2 N–H and O–H groups in total. The lowest BCUT2D eigenvalue weighted by atomic mass is 10.4. The van der Waals surface area contributed by atoms with Gasteiger partial charge in [-0.15, -0.1) is 11.3 Å². The fourth-order valence-electron chi connectivity index (χ4n) is 1.45. The summed E-state index contributed by atoms with van der Waals surface area (Å²) in [6.45, 7) is 1.20. The average Bonchev–Trinajstić information content (AvgIpc) is 2.75. The molecule has 4 nitrogen and oxygen atoms in total. The van der Waals surface area contributed by atoms with Crippen LogP contribution in [0.1, 0.15) is 10.7 Å². The lowest BCUT2D eigenvalue weighted by Crippen LogP contribution is -2.18. The number of halogens is 1. The van der Waals surface area contributed by atoms with Gasteiger partial charge in [0.05, 0.1) is 13.1 Å². The molecule has 0 spiro atoms. The number of anilines is 1. The Balaban J connectivity index is 2.11. The quantitative estimate of drug-likeness (QED) is 0.942. The third-order valence-corrected chi connectivity index (χ3v) is 3.96. The second-order valence-electron chi connectivity index (χ2n) is 3.62. The van der Waals surface area contributed by atoms with Crippen LogP contribution in [-0.2, 0) is 13.1 Å². The minimum Gasteiger partial charge on any atom is -0.354 e. The monoisotopic (exact) mass is 312 g/mol. The van der Waals surface area contributed by atoms with Crippen molar-refractivity contribution in [1.82, 2.24) is 9.97 Å².